The summed E-state index contributed by atoms with van der Waals surface area (Å²) in [5.74, 6) is -0.822. The smallest absolute Gasteiger partial charge is 0.348 e. The lowest BCUT2D eigenvalue weighted by molar-refractivity contribution is -0.169. The second-order valence-corrected chi connectivity index (χ2v) is 5.63. The minimum absolute atomic E-state index is 0.300. The fourth-order valence-electron chi connectivity index (χ4n) is 1.22. The molecule has 0 radical (unpaired) electrons. The maximum Gasteiger partial charge on any atom is 0.348 e. The summed E-state index contributed by atoms with van der Waals surface area (Å²) in [4.78, 5) is 23.0. The zero-order valence-electron chi connectivity index (χ0n) is 11.9. The van der Waals surface area contributed by atoms with Gasteiger partial charge >= 0.3 is 11.9 Å². The highest BCUT2D eigenvalue weighted by molar-refractivity contribution is 5.83. The molecule has 0 N–H and O–H groups in total. The molecule has 100 valence electrons. The Morgan fingerprint density at radius 2 is 1.82 bits per heavy atom. The van der Waals surface area contributed by atoms with Crippen molar-refractivity contribution in [1.29, 1.82) is 0 Å². The molecule has 0 bridgehead atoms. The van der Waals surface area contributed by atoms with Gasteiger partial charge in [-0.25, -0.2) is 4.79 Å². The zero-order chi connectivity index (χ0) is 13.9. The van der Waals surface area contributed by atoms with Crippen LogP contribution in [0.3, 0.4) is 0 Å². The third kappa shape index (κ3) is 4.02. The highest BCUT2D eigenvalue weighted by atomic mass is 16.6. The molecule has 4 nitrogen and oxygen atoms in total. The molecule has 1 unspecified atom stereocenters. The Kier molecular flexibility index (Phi) is 5.17. The fraction of sp³-hybridized carbons (Fsp3) is 0.846. The summed E-state index contributed by atoms with van der Waals surface area (Å²) in [5, 5.41) is 0. The molecular formula is C13H24O4. The van der Waals surface area contributed by atoms with E-state index in [1.165, 1.54) is 0 Å². The van der Waals surface area contributed by atoms with E-state index in [1.807, 2.05) is 27.7 Å². The van der Waals surface area contributed by atoms with Crippen LogP contribution in [0.15, 0.2) is 0 Å². The average molecular weight is 244 g/mol. The highest BCUT2D eigenvalue weighted by Crippen LogP contribution is 2.32. The van der Waals surface area contributed by atoms with E-state index < -0.39 is 22.9 Å². The van der Waals surface area contributed by atoms with E-state index >= 15 is 0 Å². The van der Waals surface area contributed by atoms with Crippen molar-refractivity contribution in [3.63, 3.8) is 0 Å². The molecule has 1 aliphatic rings. The van der Waals surface area contributed by atoms with Crippen LogP contribution >= 0.6 is 0 Å². The number of hydrogen-bond donors (Lipinski definition) is 0. The van der Waals surface area contributed by atoms with E-state index in [9.17, 15) is 9.59 Å². The molecule has 1 heterocycles. The second-order valence-electron chi connectivity index (χ2n) is 5.63. The average Bonchev–Trinajstić information content (AvgIpc) is 2.46. The van der Waals surface area contributed by atoms with Crippen LogP contribution in [0.5, 0.6) is 0 Å². The molecular weight excluding hydrogens is 220 g/mol. The molecule has 1 saturated heterocycles. The zero-order valence-corrected chi connectivity index (χ0v) is 11.9. The van der Waals surface area contributed by atoms with Gasteiger partial charge in [-0.1, -0.05) is 27.7 Å². The van der Waals surface area contributed by atoms with E-state index in [2.05, 4.69) is 0 Å². The summed E-state index contributed by atoms with van der Waals surface area (Å²) in [6.07, 6.45) is -0.774. The van der Waals surface area contributed by atoms with Gasteiger partial charge in [0.15, 0.2) is 0 Å². The minimum atomic E-state index is -0.774. The van der Waals surface area contributed by atoms with E-state index in [1.54, 1.807) is 20.8 Å². The Morgan fingerprint density at radius 3 is 2.12 bits per heavy atom. The van der Waals surface area contributed by atoms with E-state index in [4.69, 9.17) is 9.47 Å². The molecule has 1 atom stereocenters. The lowest BCUT2D eigenvalue weighted by Gasteiger charge is -2.25. The summed E-state index contributed by atoms with van der Waals surface area (Å²) < 4.78 is 10.1. The van der Waals surface area contributed by atoms with Crippen LogP contribution in [0.4, 0.5) is 0 Å². The maximum absolute atomic E-state index is 11.6. The Bertz CT molecular complexity index is 286. The SMILES string of the molecule is CC.CC(C)(C)C(=O)OC1C(=O)OCC1(C)C. The topological polar surface area (TPSA) is 52.6 Å². The first-order valence-electron chi connectivity index (χ1n) is 6.02. The van der Waals surface area contributed by atoms with Crippen molar-refractivity contribution in [1.82, 2.24) is 0 Å². The molecule has 1 fully saturated rings. The van der Waals surface area contributed by atoms with Gasteiger partial charge in [-0.2, -0.15) is 0 Å². The van der Waals surface area contributed by atoms with Crippen molar-refractivity contribution >= 4 is 11.9 Å². The van der Waals surface area contributed by atoms with Crippen molar-refractivity contribution in [3.8, 4) is 0 Å². The largest absolute Gasteiger partial charge is 0.462 e. The lowest BCUT2D eigenvalue weighted by atomic mass is 9.89. The quantitative estimate of drug-likeness (QED) is 0.665. The molecule has 1 aliphatic heterocycles. The molecule has 0 aromatic heterocycles. The summed E-state index contributed by atoms with van der Waals surface area (Å²) in [6, 6.07) is 0. The van der Waals surface area contributed by atoms with Gasteiger partial charge in [0, 0.05) is 5.41 Å². The van der Waals surface area contributed by atoms with Gasteiger partial charge < -0.3 is 9.47 Å². The van der Waals surface area contributed by atoms with Crippen LogP contribution in [0.25, 0.3) is 0 Å². The van der Waals surface area contributed by atoms with Crippen LogP contribution in [-0.2, 0) is 19.1 Å². The van der Waals surface area contributed by atoms with E-state index in [0.717, 1.165) is 0 Å². The van der Waals surface area contributed by atoms with Crippen molar-refractivity contribution in [2.75, 3.05) is 6.61 Å². The van der Waals surface area contributed by atoms with Crippen molar-refractivity contribution in [2.45, 2.75) is 54.6 Å². The monoisotopic (exact) mass is 244 g/mol. The number of carbonyl (C=O) groups is 2. The number of ether oxygens (including phenoxy) is 2. The Hall–Kier alpha value is -1.06. The standard InChI is InChI=1S/C11H18O4.C2H6/c1-10(2,3)9(13)15-7-8(12)14-6-11(7,4)5;1-2/h7H,6H2,1-5H3;1-2H3. The van der Waals surface area contributed by atoms with Crippen molar-refractivity contribution in [2.24, 2.45) is 10.8 Å². The van der Waals surface area contributed by atoms with Crippen LogP contribution in [0.2, 0.25) is 0 Å². The van der Waals surface area contributed by atoms with Crippen LogP contribution in [-0.4, -0.2) is 24.6 Å². The van der Waals surface area contributed by atoms with Crippen LogP contribution in [0, 0.1) is 10.8 Å². The number of cyclic esters (lactones) is 1. The molecule has 0 aliphatic carbocycles. The highest BCUT2D eigenvalue weighted by Gasteiger charge is 2.47. The predicted molar refractivity (Wildman–Crippen MR) is 65.4 cm³/mol. The first-order chi connectivity index (χ1) is 7.64. The Balaban J connectivity index is 0.00000121. The van der Waals surface area contributed by atoms with Gasteiger partial charge in [-0.15, -0.1) is 0 Å². The van der Waals surface area contributed by atoms with Gasteiger partial charge in [0.25, 0.3) is 0 Å². The summed E-state index contributed by atoms with van der Waals surface area (Å²) in [5.41, 5.74) is -1.03. The molecule has 0 aromatic carbocycles. The van der Waals surface area contributed by atoms with Crippen molar-refractivity contribution < 1.29 is 19.1 Å². The summed E-state index contributed by atoms with van der Waals surface area (Å²) in [7, 11) is 0. The van der Waals surface area contributed by atoms with Crippen LogP contribution in [0.1, 0.15) is 48.5 Å². The lowest BCUT2D eigenvalue weighted by Crippen LogP contribution is -2.38. The number of carbonyl (C=O) groups excluding carboxylic acids is 2. The minimum Gasteiger partial charge on any atom is -0.462 e. The number of rotatable bonds is 1. The Labute approximate surface area is 104 Å². The summed E-state index contributed by atoms with van der Waals surface area (Å²) >= 11 is 0. The van der Waals surface area contributed by atoms with E-state index in [-0.39, 0.29) is 5.97 Å². The molecule has 0 amide bonds. The second kappa shape index (κ2) is 5.52. The molecule has 0 saturated carbocycles. The van der Waals surface area contributed by atoms with Gasteiger partial charge in [-0.05, 0) is 20.8 Å². The first kappa shape index (κ1) is 15.9. The summed E-state index contributed by atoms with van der Waals surface area (Å²) in [6.45, 7) is 13.2. The molecule has 1 rings (SSSR count). The normalized spacial score (nSPS) is 22.3. The molecule has 0 spiro atoms. The van der Waals surface area contributed by atoms with Gasteiger partial charge in [0.2, 0.25) is 6.10 Å². The predicted octanol–water partition coefficient (Wildman–Crippen LogP) is 2.55. The van der Waals surface area contributed by atoms with Gasteiger partial charge in [-0.3, -0.25) is 4.79 Å². The van der Waals surface area contributed by atoms with Gasteiger partial charge in [0.1, 0.15) is 6.61 Å². The Morgan fingerprint density at radius 1 is 1.35 bits per heavy atom. The van der Waals surface area contributed by atoms with E-state index in [0.29, 0.717) is 6.61 Å². The molecule has 0 aromatic rings. The van der Waals surface area contributed by atoms with Crippen molar-refractivity contribution in [3.05, 3.63) is 0 Å². The first-order valence-corrected chi connectivity index (χ1v) is 6.02. The molecule has 17 heavy (non-hydrogen) atoms. The third-order valence-corrected chi connectivity index (χ3v) is 2.35. The van der Waals surface area contributed by atoms with Crippen LogP contribution < -0.4 is 0 Å². The maximum atomic E-state index is 11.6. The van der Waals surface area contributed by atoms with Gasteiger partial charge in [0.05, 0.1) is 5.41 Å². The third-order valence-electron chi connectivity index (χ3n) is 2.35. The number of esters is 2. The fourth-order valence-corrected chi connectivity index (χ4v) is 1.22. The molecule has 4 heteroatoms. The number of hydrogen-bond acceptors (Lipinski definition) is 4.